The fourth-order valence-corrected chi connectivity index (χ4v) is 4.35. The maximum absolute atomic E-state index is 13.2. The van der Waals surface area contributed by atoms with E-state index < -0.39 is 5.60 Å². The Morgan fingerprint density at radius 1 is 1.11 bits per heavy atom. The van der Waals surface area contributed by atoms with Gasteiger partial charge in [-0.1, -0.05) is 6.07 Å². The number of nitrogens with zero attached hydrogens (tertiary/aromatic N) is 4. The molecule has 1 saturated heterocycles. The van der Waals surface area contributed by atoms with Gasteiger partial charge in [-0.05, 0) is 42.0 Å². The molecule has 2 heterocycles. The van der Waals surface area contributed by atoms with Gasteiger partial charge in [-0.15, -0.1) is 0 Å². The van der Waals surface area contributed by atoms with Crippen LogP contribution in [0.15, 0.2) is 61.2 Å². The minimum Gasteiger partial charge on any atom is -0.493 e. The van der Waals surface area contributed by atoms with Gasteiger partial charge in [0.25, 0.3) is 0 Å². The lowest BCUT2D eigenvalue weighted by Crippen LogP contribution is -2.51. The van der Waals surface area contributed by atoms with Gasteiger partial charge in [0.15, 0.2) is 11.5 Å². The molecule has 1 fully saturated rings. The number of methoxy groups -OCH3 is 1. The number of aliphatic hydroxyl groups is 1. The molecule has 1 aliphatic heterocycles. The molecule has 0 spiro atoms. The third kappa shape index (κ3) is 7.43. The fourth-order valence-electron chi connectivity index (χ4n) is 4.35. The van der Waals surface area contributed by atoms with Crippen molar-refractivity contribution in [3.63, 3.8) is 0 Å². The first-order valence-corrected chi connectivity index (χ1v) is 12.2. The molecule has 0 aliphatic carbocycles. The number of ether oxygens (including phenoxy) is 3. The second kappa shape index (κ2) is 12.1. The Morgan fingerprint density at radius 2 is 1.92 bits per heavy atom. The van der Waals surface area contributed by atoms with Crippen LogP contribution in [0.2, 0.25) is 0 Å². The molecule has 1 aliphatic rings. The minimum absolute atomic E-state index is 0.0358. The molecule has 3 aromatic rings. The summed E-state index contributed by atoms with van der Waals surface area (Å²) in [5.41, 5.74) is -0.325. The molecule has 1 atom stereocenters. The maximum Gasteiger partial charge on any atom is 0.219 e. The summed E-state index contributed by atoms with van der Waals surface area (Å²) in [6.45, 7) is 4.65. The molecule has 4 rings (SSSR count). The molecule has 0 radical (unpaired) electrons. The van der Waals surface area contributed by atoms with Crippen LogP contribution < -0.4 is 14.2 Å². The van der Waals surface area contributed by atoms with Gasteiger partial charge in [-0.3, -0.25) is 9.69 Å². The zero-order valence-electron chi connectivity index (χ0n) is 21.2. The molecule has 37 heavy (non-hydrogen) atoms. The fraction of sp³-hybridized carbons (Fsp3) is 0.407. The first-order chi connectivity index (χ1) is 17.8. The molecule has 9 nitrogen and oxygen atoms in total. The largest absolute Gasteiger partial charge is 0.493 e. The maximum atomic E-state index is 13.2. The number of hydrogen-bond acceptors (Lipinski definition) is 7. The van der Waals surface area contributed by atoms with Gasteiger partial charge in [0.2, 0.25) is 5.91 Å². The van der Waals surface area contributed by atoms with Gasteiger partial charge in [0.05, 0.1) is 26.5 Å². The van der Waals surface area contributed by atoms with Crippen molar-refractivity contribution in [1.29, 1.82) is 0 Å². The van der Waals surface area contributed by atoms with Gasteiger partial charge in [0.1, 0.15) is 30.4 Å². The van der Waals surface area contributed by atoms with Crippen molar-refractivity contribution < 1.29 is 28.5 Å². The number of benzene rings is 2. The van der Waals surface area contributed by atoms with Crippen molar-refractivity contribution in [1.82, 2.24) is 19.4 Å². The normalized spacial score (nSPS) is 18.3. The lowest BCUT2D eigenvalue weighted by atomic mass is 10.0. The van der Waals surface area contributed by atoms with E-state index in [0.29, 0.717) is 56.6 Å². The first-order valence-electron chi connectivity index (χ1n) is 12.2. The number of rotatable bonds is 10. The molecule has 0 saturated carbocycles. The van der Waals surface area contributed by atoms with E-state index in [1.165, 1.54) is 31.2 Å². The number of imidazole rings is 1. The van der Waals surface area contributed by atoms with Gasteiger partial charge in [-0.25, -0.2) is 9.37 Å². The van der Waals surface area contributed by atoms with Crippen molar-refractivity contribution in [3.8, 4) is 17.2 Å². The quantitative estimate of drug-likeness (QED) is 0.447. The molecule has 2 aromatic carbocycles. The van der Waals surface area contributed by atoms with Crippen LogP contribution in [-0.4, -0.2) is 82.5 Å². The van der Waals surface area contributed by atoms with Gasteiger partial charge in [-0.2, -0.15) is 0 Å². The highest BCUT2D eigenvalue weighted by Crippen LogP contribution is 2.29. The van der Waals surface area contributed by atoms with Crippen molar-refractivity contribution in [3.05, 3.63) is 72.6 Å². The molecule has 1 unspecified atom stereocenters. The predicted molar refractivity (Wildman–Crippen MR) is 135 cm³/mol. The minimum atomic E-state index is -1.31. The monoisotopic (exact) mass is 512 g/mol. The summed E-state index contributed by atoms with van der Waals surface area (Å²) in [6.07, 6.45) is 5.35. The summed E-state index contributed by atoms with van der Waals surface area (Å²) in [5, 5.41) is 11.5. The highest BCUT2D eigenvalue weighted by Gasteiger charge is 2.37. The Kier molecular flexibility index (Phi) is 8.62. The van der Waals surface area contributed by atoms with E-state index in [2.05, 4.69) is 9.88 Å². The van der Waals surface area contributed by atoms with Crippen LogP contribution in [0, 0.1) is 5.82 Å². The number of β-amino-alcohol motifs (C(OH)–C–C–N with tert-alkyl or cyclic N) is 1. The van der Waals surface area contributed by atoms with E-state index in [9.17, 15) is 14.3 Å². The lowest BCUT2D eigenvalue weighted by molar-refractivity contribution is -0.132. The van der Waals surface area contributed by atoms with E-state index in [1.807, 2.05) is 29.0 Å². The van der Waals surface area contributed by atoms with E-state index in [1.54, 1.807) is 24.5 Å². The molecule has 198 valence electrons. The molecular weight excluding hydrogens is 479 g/mol. The van der Waals surface area contributed by atoms with Crippen LogP contribution in [0.4, 0.5) is 4.39 Å². The third-order valence-corrected chi connectivity index (χ3v) is 6.26. The highest BCUT2D eigenvalue weighted by atomic mass is 19.1. The summed E-state index contributed by atoms with van der Waals surface area (Å²) in [6, 6.07) is 11.4. The molecular formula is C27H33FN4O5. The van der Waals surface area contributed by atoms with E-state index in [-0.39, 0.29) is 24.9 Å². The Hall–Kier alpha value is -3.63. The van der Waals surface area contributed by atoms with E-state index >= 15 is 0 Å². The van der Waals surface area contributed by atoms with Crippen molar-refractivity contribution >= 4 is 5.91 Å². The zero-order valence-corrected chi connectivity index (χ0v) is 21.2. The zero-order chi connectivity index (χ0) is 26.3. The third-order valence-electron chi connectivity index (χ3n) is 6.26. The topological polar surface area (TPSA) is 89.3 Å². The number of hydrogen-bond donors (Lipinski definition) is 1. The molecule has 1 amide bonds. The average Bonchev–Trinajstić information content (AvgIpc) is 3.34. The van der Waals surface area contributed by atoms with Gasteiger partial charge in [0, 0.05) is 45.5 Å². The second-order valence-electron chi connectivity index (χ2n) is 9.25. The van der Waals surface area contributed by atoms with Crippen molar-refractivity contribution in [2.75, 3.05) is 46.5 Å². The van der Waals surface area contributed by atoms with Gasteiger partial charge >= 0.3 is 0 Å². The van der Waals surface area contributed by atoms with Crippen LogP contribution in [0.5, 0.6) is 17.2 Å². The van der Waals surface area contributed by atoms with Crippen LogP contribution in [0.3, 0.4) is 0 Å². The Bertz CT molecular complexity index is 1160. The number of amides is 1. The summed E-state index contributed by atoms with van der Waals surface area (Å²) in [4.78, 5) is 19.9. The Balaban J connectivity index is 1.42. The van der Waals surface area contributed by atoms with Crippen LogP contribution >= 0.6 is 0 Å². The van der Waals surface area contributed by atoms with Crippen molar-refractivity contribution in [2.45, 2.75) is 25.6 Å². The lowest BCUT2D eigenvalue weighted by Gasteiger charge is -2.32. The second-order valence-corrected chi connectivity index (χ2v) is 9.25. The highest BCUT2D eigenvalue weighted by molar-refractivity contribution is 5.73. The first kappa shape index (κ1) is 26.4. The van der Waals surface area contributed by atoms with Crippen LogP contribution in [0.1, 0.15) is 12.5 Å². The summed E-state index contributed by atoms with van der Waals surface area (Å²) in [5.74, 6) is 1.25. The average molecular weight is 513 g/mol. The van der Waals surface area contributed by atoms with Crippen LogP contribution in [0.25, 0.3) is 0 Å². The molecule has 10 heteroatoms. The number of carbonyl (C=O) groups is 1. The SMILES string of the molecule is COc1cc(CN2CCN(C(C)=O)CC(O)(COc3ccc(F)cc3)C2)ccc1OCCn1ccnc1. The number of carbonyl (C=O) groups excluding carboxylic acids is 1. The standard InChI is InChI=1S/C27H33FN4O5/c1-21(33)32-12-11-31(17-27(34,18-32)19-37-24-6-4-23(28)5-7-24)16-22-3-8-25(26(15-22)35-2)36-14-13-30-10-9-29-20-30/h3-10,15,20,34H,11-14,16-19H2,1-2H3. The molecule has 0 bridgehead atoms. The Morgan fingerprint density at radius 3 is 2.62 bits per heavy atom. The summed E-state index contributed by atoms with van der Waals surface area (Å²) >= 11 is 0. The van der Waals surface area contributed by atoms with E-state index in [0.717, 1.165) is 5.56 Å². The molecule has 1 aromatic heterocycles. The Labute approximate surface area is 216 Å². The summed E-state index contributed by atoms with van der Waals surface area (Å²) < 4.78 is 32.4. The number of halogens is 1. The summed E-state index contributed by atoms with van der Waals surface area (Å²) in [7, 11) is 1.60. The van der Waals surface area contributed by atoms with Crippen molar-refractivity contribution in [2.24, 2.45) is 0 Å². The smallest absolute Gasteiger partial charge is 0.219 e. The van der Waals surface area contributed by atoms with E-state index in [4.69, 9.17) is 14.2 Å². The van der Waals surface area contributed by atoms with Gasteiger partial charge < -0.3 is 28.8 Å². The predicted octanol–water partition coefficient (Wildman–Crippen LogP) is 2.58. The molecule has 1 N–H and O–H groups in total. The van der Waals surface area contributed by atoms with Crippen LogP contribution in [-0.2, 0) is 17.9 Å². The number of aromatic nitrogens is 2.